The van der Waals surface area contributed by atoms with E-state index in [0.29, 0.717) is 6.04 Å². The SMILES string of the molecule is CC(C)C1CN(CCC2CCCC2)C(C)CN1. The van der Waals surface area contributed by atoms with Gasteiger partial charge in [-0.05, 0) is 31.7 Å². The highest BCUT2D eigenvalue weighted by Gasteiger charge is 2.27. The van der Waals surface area contributed by atoms with Gasteiger partial charge in [0.1, 0.15) is 0 Å². The van der Waals surface area contributed by atoms with Crippen molar-refractivity contribution < 1.29 is 0 Å². The zero-order valence-electron chi connectivity index (χ0n) is 11.9. The van der Waals surface area contributed by atoms with E-state index in [1.54, 1.807) is 0 Å². The molecule has 0 aromatic rings. The lowest BCUT2D eigenvalue weighted by Gasteiger charge is -2.40. The van der Waals surface area contributed by atoms with Crippen molar-refractivity contribution in [1.82, 2.24) is 10.2 Å². The van der Waals surface area contributed by atoms with Gasteiger partial charge in [-0.3, -0.25) is 4.90 Å². The van der Waals surface area contributed by atoms with Crippen LogP contribution in [0.4, 0.5) is 0 Å². The fourth-order valence-electron chi connectivity index (χ4n) is 3.35. The Hall–Kier alpha value is -0.0800. The molecule has 100 valence electrons. The first-order chi connectivity index (χ1) is 8.16. The van der Waals surface area contributed by atoms with Crippen LogP contribution in [0.1, 0.15) is 52.9 Å². The molecule has 0 radical (unpaired) electrons. The summed E-state index contributed by atoms with van der Waals surface area (Å²) in [6.07, 6.45) is 7.39. The summed E-state index contributed by atoms with van der Waals surface area (Å²) in [5, 5.41) is 3.68. The van der Waals surface area contributed by atoms with Crippen LogP contribution in [-0.2, 0) is 0 Å². The molecule has 2 rings (SSSR count). The van der Waals surface area contributed by atoms with Gasteiger partial charge in [0.25, 0.3) is 0 Å². The predicted octanol–water partition coefficient (Wildman–Crippen LogP) is 2.89. The summed E-state index contributed by atoms with van der Waals surface area (Å²) in [4.78, 5) is 2.72. The highest BCUT2D eigenvalue weighted by atomic mass is 15.2. The fraction of sp³-hybridized carbons (Fsp3) is 1.00. The fourth-order valence-corrected chi connectivity index (χ4v) is 3.35. The third-order valence-electron chi connectivity index (χ3n) is 4.83. The molecule has 2 fully saturated rings. The van der Waals surface area contributed by atoms with Gasteiger partial charge >= 0.3 is 0 Å². The Morgan fingerprint density at radius 3 is 2.59 bits per heavy atom. The summed E-state index contributed by atoms with van der Waals surface area (Å²) in [5.74, 6) is 1.80. The first-order valence-corrected chi connectivity index (χ1v) is 7.64. The standard InChI is InChI=1S/C15H30N2/c1-12(2)15-11-17(13(3)10-16-15)9-8-14-6-4-5-7-14/h12-16H,4-11H2,1-3H3. The molecule has 0 amide bonds. The van der Waals surface area contributed by atoms with Crippen LogP contribution in [0.3, 0.4) is 0 Å². The van der Waals surface area contributed by atoms with Crippen molar-refractivity contribution >= 4 is 0 Å². The van der Waals surface area contributed by atoms with E-state index in [9.17, 15) is 0 Å². The van der Waals surface area contributed by atoms with Gasteiger partial charge in [0.15, 0.2) is 0 Å². The van der Waals surface area contributed by atoms with Crippen LogP contribution in [-0.4, -0.2) is 36.6 Å². The van der Waals surface area contributed by atoms with Gasteiger partial charge in [-0.15, -0.1) is 0 Å². The highest BCUT2D eigenvalue weighted by molar-refractivity contribution is 4.86. The van der Waals surface area contributed by atoms with Crippen LogP contribution in [0.15, 0.2) is 0 Å². The molecule has 0 bridgehead atoms. The normalized spacial score (nSPS) is 32.5. The molecular formula is C15H30N2. The Balaban J connectivity index is 1.76. The number of nitrogens with one attached hydrogen (secondary N) is 1. The van der Waals surface area contributed by atoms with Crippen molar-refractivity contribution in [2.75, 3.05) is 19.6 Å². The molecule has 2 atom stereocenters. The Bertz CT molecular complexity index is 221. The van der Waals surface area contributed by atoms with Crippen molar-refractivity contribution in [3.05, 3.63) is 0 Å². The highest BCUT2D eigenvalue weighted by Crippen LogP contribution is 2.28. The summed E-state index contributed by atoms with van der Waals surface area (Å²) < 4.78 is 0. The van der Waals surface area contributed by atoms with Crippen molar-refractivity contribution in [2.45, 2.75) is 65.0 Å². The number of hydrogen-bond acceptors (Lipinski definition) is 2. The lowest BCUT2D eigenvalue weighted by molar-refractivity contribution is 0.116. The minimum atomic E-state index is 0.703. The van der Waals surface area contributed by atoms with E-state index in [1.165, 1.54) is 51.7 Å². The second-order valence-corrected chi connectivity index (χ2v) is 6.54. The smallest absolute Gasteiger partial charge is 0.0218 e. The quantitative estimate of drug-likeness (QED) is 0.810. The maximum Gasteiger partial charge on any atom is 0.0218 e. The van der Waals surface area contributed by atoms with Crippen molar-refractivity contribution in [3.8, 4) is 0 Å². The molecule has 1 aliphatic carbocycles. The molecule has 2 unspecified atom stereocenters. The molecule has 1 saturated carbocycles. The summed E-state index contributed by atoms with van der Waals surface area (Å²) in [6.45, 7) is 10.8. The molecule has 1 N–H and O–H groups in total. The zero-order valence-corrected chi connectivity index (χ0v) is 11.9. The molecule has 1 heterocycles. The van der Waals surface area contributed by atoms with Gasteiger partial charge in [-0.2, -0.15) is 0 Å². The average molecular weight is 238 g/mol. The van der Waals surface area contributed by atoms with Crippen molar-refractivity contribution in [1.29, 1.82) is 0 Å². The van der Waals surface area contributed by atoms with E-state index in [0.717, 1.165) is 17.9 Å². The van der Waals surface area contributed by atoms with E-state index in [4.69, 9.17) is 0 Å². The monoisotopic (exact) mass is 238 g/mol. The Kier molecular flexibility index (Phi) is 4.87. The van der Waals surface area contributed by atoms with Gasteiger partial charge in [0, 0.05) is 25.2 Å². The zero-order chi connectivity index (χ0) is 12.3. The van der Waals surface area contributed by atoms with Gasteiger partial charge in [0.05, 0.1) is 0 Å². The van der Waals surface area contributed by atoms with E-state index in [2.05, 4.69) is 31.0 Å². The summed E-state index contributed by atoms with van der Waals surface area (Å²) >= 11 is 0. The molecular weight excluding hydrogens is 208 g/mol. The van der Waals surface area contributed by atoms with Crippen LogP contribution >= 0.6 is 0 Å². The molecule has 1 aliphatic heterocycles. The van der Waals surface area contributed by atoms with E-state index >= 15 is 0 Å². The minimum absolute atomic E-state index is 0.703. The summed E-state index contributed by atoms with van der Waals surface area (Å²) in [5.41, 5.74) is 0. The van der Waals surface area contributed by atoms with E-state index in [1.807, 2.05) is 0 Å². The Labute approximate surface area is 107 Å². The molecule has 2 heteroatoms. The number of hydrogen-bond donors (Lipinski definition) is 1. The molecule has 1 saturated heterocycles. The third kappa shape index (κ3) is 3.69. The van der Waals surface area contributed by atoms with Gasteiger partial charge < -0.3 is 5.32 Å². The van der Waals surface area contributed by atoms with Crippen LogP contribution < -0.4 is 5.32 Å². The lowest BCUT2D eigenvalue weighted by atomic mass is 9.98. The van der Waals surface area contributed by atoms with Crippen LogP contribution in [0.2, 0.25) is 0 Å². The number of nitrogens with zero attached hydrogens (tertiary/aromatic N) is 1. The van der Waals surface area contributed by atoms with Crippen LogP contribution in [0.25, 0.3) is 0 Å². The second kappa shape index (κ2) is 6.19. The molecule has 17 heavy (non-hydrogen) atoms. The van der Waals surface area contributed by atoms with E-state index in [-0.39, 0.29) is 0 Å². The molecule has 2 nitrogen and oxygen atoms in total. The van der Waals surface area contributed by atoms with Crippen LogP contribution in [0, 0.1) is 11.8 Å². The molecule has 0 spiro atoms. The minimum Gasteiger partial charge on any atom is -0.311 e. The molecule has 0 aromatic carbocycles. The van der Waals surface area contributed by atoms with Crippen LogP contribution in [0.5, 0.6) is 0 Å². The summed E-state index contributed by atoms with van der Waals surface area (Å²) in [7, 11) is 0. The third-order valence-corrected chi connectivity index (χ3v) is 4.83. The number of piperazine rings is 1. The van der Waals surface area contributed by atoms with Crippen molar-refractivity contribution in [3.63, 3.8) is 0 Å². The first-order valence-electron chi connectivity index (χ1n) is 7.64. The van der Waals surface area contributed by atoms with Gasteiger partial charge in [-0.1, -0.05) is 39.5 Å². The van der Waals surface area contributed by atoms with Gasteiger partial charge in [-0.25, -0.2) is 0 Å². The largest absolute Gasteiger partial charge is 0.311 e. The second-order valence-electron chi connectivity index (χ2n) is 6.54. The van der Waals surface area contributed by atoms with E-state index < -0.39 is 0 Å². The Morgan fingerprint density at radius 1 is 1.24 bits per heavy atom. The van der Waals surface area contributed by atoms with Gasteiger partial charge in [0.2, 0.25) is 0 Å². The number of rotatable bonds is 4. The van der Waals surface area contributed by atoms with Crippen molar-refractivity contribution in [2.24, 2.45) is 11.8 Å². The Morgan fingerprint density at radius 2 is 1.94 bits per heavy atom. The topological polar surface area (TPSA) is 15.3 Å². The maximum absolute atomic E-state index is 3.68. The lowest BCUT2D eigenvalue weighted by Crippen LogP contribution is -2.57. The average Bonchev–Trinajstić information content (AvgIpc) is 2.80. The molecule has 0 aromatic heterocycles. The first kappa shape index (κ1) is 13.4. The maximum atomic E-state index is 3.68. The summed E-state index contributed by atoms with van der Waals surface area (Å²) in [6, 6.07) is 1.43. The predicted molar refractivity (Wildman–Crippen MR) is 74.2 cm³/mol. The molecule has 2 aliphatic rings.